The molecule has 1 saturated heterocycles. The zero-order chi connectivity index (χ0) is 19.0. The van der Waals surface area contributed by atoms with Crippen LogP contribution in [-0.4, -0.2) is 18.0 Å². The van der Waals surface area contributed by atoms with Crippen LogP contribution in [0.25, 0.3) is 11.1 Å². The van der Waals surface area contributed by atoms with Gasteiger partial charge in [0.2, 0.25) is 0 Å². The van der Waals surface area contributed by atoms with Gasteiger partial charge in [0.05, 0.1) is 6.07 Å². The quantitative estimate of drug-likeness (QED) is 0.671. The fourth-order valence-electron chi connectivity index (χ4n) is 3.36. The molecule has 0 radical (unpaired) electrons. The molecule has 0 spiro atoms. The van der Waals surface area contributed by atoms with Crippen LogP contribution in [-0.2, 0) is 6.54 Å². The van der Waals surface area contributed by atoms with E-state index in [9.17, 15) is 4.39 Å². The first-order valence-corrected chi connectivity index (χ1v) is 9.53. The molecule has 2 nitrogen and oxygen atoms in total. The molecule has 0 saturated carbocycles. The van der Waals surface area contributed by atoms with Crippen LogP contribution in [0.4, 0.5) is 4.39 Å². The molecule has 0 atom stereocenters. The minimum Gasteiger partial charge on any atom is -0.299 e. The van der Waals surface area contributed by atoms with Crippen molar-refractivity contribution in [2.24, 2.45) is 5.41 Å². The maximum atomic E-state index is 13.9. The number of hydrogen-bond donors (Lipinski definition) is 0. The maximum absolute atomic E-state index is 13.9. The highest BCUT2D eigenvalue weighted by atomic mass is 19.1. The molecular formula is C23H29FN2. The summed E-state index contributed by atoms with van der Waals surface area (Å²) < 4.78 is 13.9. The van der Waals surface area contributed by atoms with Gasteiger partial charge in [-0.15, -0.1) is 0 Å². The number of hydrogen-bond acceptors (Lipinski definition) is 2. The first-order valence-electron chi connectivity index (χ1n) is 9.53. The summed E-state index contributed by atoms with van der Waals surface area (Å²) in [6.07, 6.45) is 2.81. The Morgan fingerprint density at radius 3 is 2.23 bits per heavy atom. The molecule has 2 aromatic carbocycles. The smallest absolute Gasteiger partial charge is 0.131 e. The van der Waals surface area contributed by atoms with E-state index < -0.39 is 0 Å². The van der Waals surface area contributed by atoms with Crippen LogP contribution in [0.1, 0.15) is 45.6 Å². The molecule has 0 aromatic heterocycles. The topological polar surface area (TPSA) is 27.0 Å². The van der Waals surface area contributed by atoms with E-state index >= 15 is 0 Å². The Labute approximate surface area is 157 Å². The number of benzene rings is 2. The van der Waals surface area contributed by atoms with Crippen molar-refractivity contribution >= 4 is 0 Å². The molecule has 0 aliphatic carbocycles. The first-order chi connectivity index (χ1) is 12.6. The Morgan fingerprint density at radius 1 is 1.04 bits per heavy atom. The van der Waals surface area contributed by atoms with Gasteiger partial charge in [-0.3, -0.25) is 4.90 Å². The van der Waals surface area contributed by atoms with Crippen molar-refractivity contribution in [1.82, 2.24) is 4.90 Å². The lowest BCUT2D eigenvalue weighted by molar-refractivity contribution is 0.116. The van der Waals surface area contributed by atoms with Gasteiger partial charge in [-0.25, -0.2) is 4.39 Å². The normalized spacial score (nSPS) is 16.3. The Kier molecular flexibility index (Phi) is 7.36. The summed E-state index contributed by atoms with van der Waals surface area (Å²) in [4.78, 5) is 2.44. The molecule has 0 amide bonds. The highest BCUT2D eigenvalue weighted by Gasteiger charge is 2.29. The summed E-state index contributed by atoms with van der Waals surface area (Å²) in [5.74, 6) is -0.182. The van der Waals surface area contributed by atoms with Gasteiger partial charge in [0.1, 0.15) is 5.82 Å². The molecule has 0 bridgehead atoms. The summed E-state index contributed by atoms with van der Waals surface area (Å²) >= 11 is 0. The van der Waals surface area contributed by atoms with Gasteiger partial charge in [0.25, 0.3) is 0 Å². The van der Waals surface area contributed by atoms with Gasteiger partial charge in [0.15, 0.2) is 0 Å². The van der Waals surface area contributed by atoms with E-state index in [0.717, 1.165) is 38.0 Å². The molecule has 3 rings (SSSR count). The Hall–Kier alpha value is -2.18. The lowest BCUT2D eigenvalue weighted by Gasteiger charge is -2.38. The van der Waals surface area contributed by atoms with E-state index in [1.807, 2.05) is 38.1 Å². The van der Waals surface area contributed by atoms with E-state index in [4.69, 9.17) is 5.26 Å². The van der Waals surface area contributed by atoms with Gasteiger partial charge >= 0.3 is 0 Å². The summed E-state index contributed by atoms with van der Waals surface area (Å²) in [5.41, 5.74) is 2.99. The van der Waals surface area contributed by atoms with Gasteiger partial charge in [-0.1, -0.05) is 63.2 Å². The third-order valence-corrected chi connectivity index (χ3v) is 5.11. The van der Waals surface area contributed by atoms with Crippen molar-refractivity contribution in [3.05, 3.63) is 59.9 Å². The predicted octanol–water partition coefficient (Wildman–Crippen LogP) is 6.03. The van der Waals surface area contributed by atoms with Crippen LogP contribution in [0.15, 0.2) is 48.5 Å². The van der Waals surface area contributed by atoms with Crippen LogP contribution >= 0.6 is 0 Å². The highest BCUT2D eigenvalue weighted by Crippen LogP contribution is 2.34. The number of nitriles is 1. The molecule has 1 fully saturated rings. The Balaban J connectivity index is 0.00000117. The van der Waals surface area contributed by atoms with E-state index in [0.29, 0.717) is 12.0 Å². The summed E-state index contributed by atoms with van der Waals surface area (Å²) in [6, 6.07) is 17.4. The molecule has 1 aliphatic rings. The summed E-state index contributed by atoms with van der Waals surface area (Å²) in [6.45, 7) is 9.21. The zero-order valence-corrected chi connectivity index (χ0v) is 16.1. The van der Waals surface area contributed by atoms with Crippen molar-refractivity contribution in [3.63, 3.8) is 0 Å². The standard InChI is InChI=1S/C21H23FN2.C2H6/c1-21(10-13-23)11-14-24(15-12-21)16-17-6-8-18(9-7-17)19-4-2-3-5-20(19)22;1-2/h2-9H,10-12,14-16H2,1H3;1-2H3. The van der Waals surface area contributed by atoms with Crippen LogP contribution in [0.3, 0.4) is 0 Å². The van der Waals surface area contributed by atoms with E-state index in [-0.39, 0.29) is 11.2 Å². The second-order valence-corrected chi connectivity index (χ2v) is 7.10. The van der Waals surface area contributed by atoms with Crippen LogP contribution in [0.5, 0.6) is 0 Å². The molecule has 138 valence electrons. The van der Waals surface area contributed by atoms with Crippen LogP contribution in [0, 0.1) is 22.6 Å². The SMILES string of the molecule is CC.CC1(CC#N)CCN(Cc2ccc(-c3ccccc3F)cc2)CC1. The summed E-state index contributed by atoms with van der Waals surface area (Å²) in [7, 11) is 0. The maximum Gasteiger partial charge on any atom is 0.131 e. The molecule has 3 heteroatoms. The Bertz CT molecular complexity index is 723. The third-order valence-electron chi connectivity index (χ3n) is 5.11. The second kappa shape index (κ2) is 9.50. The van der Waals surface area contributed by atoms with Crippen molar-refractivity contribution in [1.29, 1.82) is 5.26 Å². The zero-order valence-electron chi connectivity index (χ0n) is 16.1. The minimum atomic E-state index is -0.182. The number of rotatable bonds is 4. The van der Waals surface area contributed by atoms with E-state index in [2.05, 4.69) is 30.0 Å². The highest BCUT2D eigenvalue weighted by molar-refractivity contribution is 5.64. The third kappa shape index (κ3) is 5.16. The van der Waals surface area contributed by atoms with Crippen LogP contribution < -0.4 is 0 Å². The lowest BCUT2D eigenvalue weighted by atomic mass is 9.78. The number of nitrogens with zero attached hydrogens (tertiary/aromatic N) is 2. The first kappa shape index (κ1) is 20.1. The number of halogens is 1. The van der Waals surface area contributed by atoms with E-state index in [1.54, 1.807) is 6.07 Å². The molecule has 1 aliphatic heterocycles. The van der Waals surface area contributed by atoms with E-state index in [1.165, 1.54) is 11.6 Å². The predicted molar refractivity (Wildman–Crippen MR) is 106 cm³/mol. The average molecular weight is 352 g/mol. The number of piperidine rings is 1. The van der Waals surface area contributed by atoms with Gasteiger partial charge < -0.3 is 0 Å². The van der Waals surface area contributed by atoms with Crippen molar-refractivity contribution < 1.29 is 4.39 Å². The second-order valence-electron chi connectivity index (χ2n) is 7.10. The van der Waals surface area contributed by atoms with Gasteiger partial charge in [0, 0.05) is 18.5 Å². The minimum absolute atomic E-state index is 0.180. The molecule has 0 N–H and O–H groups in total. The molecule has 2 aromatic rings. The van der Waals surface area contributed by atoms with Crippen molar-refractivity contribution in [2.45, 2.75) is 46.6 Å². The fraction of sp³-hybridized carbons (Fsp3) is 0.435. The molecule has 1 heterocycles. The largest absolute Gasteiger partial charge is 0.299 e. The van der Waals surface area contributed by atoms with Gasteiger partial charge in [-0.2, -0.15) is 5.26 Å². The monoisotopic (exact) mass is 352 g/mol. The number of likely N-dealkylation sites (tertiary alicyclic amines) is 1. The molecule has 0 unspecified atom stereocenters. The van der Waals surface area contributed by atoms with Crippen molar-refractivity contribution in [3.8, 4) is 17.2 Å². The molecular weight excluding hydrogens is 323 g/mol. The summed E-state index contributed by atoms with van der Waals surface area (Å²) in [5, 5.41) is 8.93. The van der Waals surface area contributed by atoms with Gasteiger partial charge in [-0.05, 0) is 48.5 Å². The van der Waals surface area contributed by atoms with Crippen LogP contribution in [0.2, 0.25) is 0 Å². The fourth-order valence-corrected chi connectivity index (χ4v) is 3.36. The Morgan fingerprint density at radius 2 is 1.65 bits per heavy atom. The lowest BCUT2D eigenvalue weighted by Crippen LogP contribution is -2.38. The van der Waals surface area contributed by atoms with Crippen molar-refractivity contribution in [2.75, 3.05) is 13.1 Å². The average Bonchev–Trinajstić information content (AvgIpc) is 2.67. The molecule has 26 heavy (non-hydrogen) atoms.